The molecule has 0 aliphatic heterocycles. The molecule has 29 heavy (non-hydrogen) atoms. The summed E-state index contributed by atoms with van der Waals surface area (Å²) in [5.74, 6) is 0.837. The minimum Gasteiger partial charge on any atom is -0.491 e. The second-order valence-electron chi connectivity index (χ2n) is 6.33. The van der Waals surface area contributed by atoms with Crippen molar-refractivity contribution in [1.29, 1.82) is 5.41 Å². The summed E-state index contributed by atoms with van der Waals surface area (Å²) >= 11 is 0. The Balaban J connectivity index is 1.79. The SMILES string of the molecule is N=C1/C(=N/c2c(OCCO)nn3ccccc23)C=C(OCCCO)c2[nH]ccc21. The molecule has 150 valence electrons. The lowest BCUT2D eigenvalue weighted by molar-refractivity contribution is 0.197. The van der Waals surface area contributed by atoms with E-state index in [1.165, 1.54) is 0 Å². The van der Waals surface area contributed by atoms with Gasteiger partial charge in [-0.25, -0.2) is 9.51 Å². The van der Waals surface area contributed by atoms with Gasteiger partial charge in [0.05, 0.1) is 35.8 Å². The number of allylic oxidation sites excluding steroid dienone is 1. The van der Waals surface area contributed by atoms with Gasteiger partial charge in [-0.1, -0.05) is 6.07 Å². The van der Waals surface area contributed by atoms with E-state index < -0.39 is 0 Å². The average molecular weight is 395 g/mol. The molecule has 4 N–H and O–H groups in total. The number of H-pyrrole nitrogens is 1. The van der Waals surface area contributed by atoms with Gasteiger partial charge in [-0.05, 0) is 18.2 Å². The van der Waals surface area contributed by atoms with Gasteiger partial charge in [0.25, 0.3) is 5.88 Å². The number of aromatic nitrogens is 3. The molecule has 1 aliphatic carbocycles. The quantitative estimate of drug-likeness (QED) is 0.433. The fourth-order valence-corrected chi connectivity index (χ4v) is 3.07. The number of ether oxygens (including phenoxy) is 2. The van der Waals surface area contributed by atoms with Crippen LogP contribution >= 0.6 is 0 Å². The van der Waals surface area contributed by atoms with Crippen LogP contribution in [0.15, 0.2) is 47.7 Å². The summed E-state index contributed by atoms with van der Waals surface area (Å²) in [6.45, 7) is 0.334. The standard InChI is InChI=1S/C20H21N5O4/c21-17-13-5-6-22-18(13)16(28-10-3-8-26)12-14(17)23-19-15-4-1-2-7-25(15)24-20(19)29-11-9-27/h1-2,4-7,12,21-22,26-27H,3,8-11H2/b21-17?,23-14+. The van der Waals surface area contributed by atoms with Crippen LogP contribution in [0.2, 0.25) is 0 Å². The Hall–Kier alpha value is -3.43. The Morgan fingerprint density at radius 1 is 1.14 bits per heavy atom. The highest BCUT2D eigenvalue weighted by Crippen LogP contribution is 2.34. The number of aliphatic hydroxyl groups excluding tert-OH is 2. The number of hydrogen-bond acceptors (Lipinski definition) is 7. The Kier molecular flexibility index (Phi) is 5.41. The molecule has 9 heteroatoms. The molecule has 9 nitrogen and oxygen atoms in total. The molecule has 0 amide bonds. The van der Waals surface area contributed by atoms with Crippen LogP contribution in [0.4, 0.5) is 5.69 Å². The zero-order valence-electron chi connectivity index (χ0n) is 15.6. The molecular formula is C20H21N5O4. The summed E-state index contributed by atoms with van der Waals surface area (Å²) in [4.78, 5) is 7.77. The van der Waals surface area contributed by atoms with Crippen LogP contribution in [0.5, 0.6) is 5.88 Å². The molecule has 1 aliphatic rings. The summed E-state index contributed by atoms with van der Waals surface area (Å²) in [5, 5.41) is 31.1. The van der Waals surface area contributed by atoms with Crippen LogP contribution in [0.3, 0.4) is 0 Å². The van der Waals surface area contributed by atoms with E-state index in [4.69, 9.17) is 25.1 Å². The van der Waals surface area contributed by atoms with Crippen LogP contribution in [-0.2, 0) is 4.74 Å². The normalized spacial score (nSPS) is 14.9. The van der Waals surface area contributed by atoms with Crippen molar-refractivity contribution in [1.82, 2.24) is 14.6 Å². The van der Waals surface area contributed by atoms with Gasteiger partial charge in [0, 0.05) is 37.1 Å². The fraction of sp³-hybridized carbons (Fsp3) is 0.250. The maximum atomic E-state index is 9.10. The molecule has 0 fully saturated rings. The summed E-state index contributed by atoms with van der Waals surface area (Å²) in [5.41, 5.74) is 3.24. The first-order valence-electron chi connectivity index (χ1n) is 9.25. The highest BCUT2D eigenvalue weighted by Gasteiger charge is 2.25. The number of hydrogen-bond donors (Lipinski definition) is 4. The van der Waals surface area contributed by atoms with Crippen LogP contribution in [0.25, 0.3) is 11.3 Å². The maximum Gasteiger partial charge on any atom is 0.260 e. The van der Waals surface area contributed by atoms with E-state index in [1.54, 1.807) is 29.1 Å². The molecule has 0 atom stereocenters. The fourth-order valence-electron chi connectivity index (χ4n) is 3.07. The number of aliphatic imine (C=N–C) groups is 1. The minimum absolute atomic E-state index is 0.0373. The summed E-state index contributed by atoms with van der Waals surface area (Å²) < 4.78 is 13.0. The second-order valence-corrected chi connectivity index (χ2v) is 6.33. The Morgan fingerprint density at radius 3 is 2.86 bits per heavy atom. The lowest BCUT2D eigenvalue weighted by Crippen LogP contribution is -2.19. The topological polar surface area (TPSA) is 128 Å². The lowest BCUT2D eigenvalue weighted by Gasteiger charge is -2.17. The van der Waals surface area contributed by atoms with Crippen LogP contribution in [0, 0.1) is 5.41 Å². The van der Waals surface area contributed by atoms with Gasteiger partial charge in [0.1, 0.15) is 12.4 Å². The molecule has 3 aromatic rings. The molecule has 3 aromatic heterocycles. The summed E-state index contributed by atoms with van der Waals surface area (Å²) in [6, 6.07) is 7.37. The highest BCUT2D eigenvalue weighted by atomic mass is 16.5. The second kappa shape index (κ2) is 8.29. The first kappa shape index (κ1) is 18.9. The van der Waals surface area contributed by atoms with Crippen molar-refractivity contribution in [3.05, 3.63) is 54.0 Å². The molecule has 0 unspecified atom stereocenters. The van der Waals surface area contributed by atoms with Crippen molar-refractivity contribution in [2.45, 2.75) is 6.42 Å². The van der Waals surface area contributed by atoms with E-state index in [1.807, 2.05) is 18.2 Å². The molecule has 0 saturated carbocycles. The first-order chi connectivity index (χ1) is 14.2. The average Bonchev–Trinajstić information content (AvgIpc) is 3.35. The van der Waals surface area contributed by atoms with Gasteiger partial charge in [-0.2, -0.15) is 0 Å². The Morgan fingerprint density at radius 2 is 2.03 bits per heavy atom. The van der Waals surface area contributed by atoms with Crippen molar-refractivity contribution in [3.63, 3.8) is 0 Å². The molecule has 0 radical (unpaired) electrons. The third-order valence-electron chi connectivity index (χ3n) is 4.39. The van der Waals surface area contributed by atoms with E-state index >= 15 is 0 Å². The van der Waals surface area contributed by atoms with Crippen LogP contribution < -0.4 is 4.74 Å². The summed E-state index contributed by atoms with van der Waals surface area (Å²) in [6.07, 6.45) is 5.72. The highest BCUT2D eigenvalue weighted by molar-refractivity contribution is 6.54. The van der Waals surface area contributed by atoms with Crippen molar-refractivity contribution in [2.24, 2.45) is 4.99 Å². The number of pyridine rings is 1. The van der Waals surface area contributed by atoms with E-state index in [2.05, 4.69) is 15.1 Å². The van der Waals surface area contributed by atoms with Gasteiger partial charge in [-0.15, -0.1) is 5.10 Å². The molecule has 0 bridgehead atoms. The van der Waals surface area contributed by atoms with E-state index in [9.17, 15) is 0 Å². The van der Waals surface area contributed by atoms with Crippen LogP contribution in [-0.4, -0.2) is 62.7 Å². The minimum atomic E-state index is -0.144. The van der Waals surface area contributed by atoms with Crippen LogP contribution in [0.1, 0.15) is 17.7 Å². The molecule has 0 saturated heterocycles. The van der Waals surface area contributed by atoms with Gasteiger partial charge in [0.15, 0.2) is 5.69 Å². The number of aliphatic hydroxyl groups is 2. The Labute approximate surface area is 166 Å². The molecular weight excluding hydrogens is 374 g/mol. The predicted molar refractivity (Wildman–Crippen MR) is 108 cm³/mol. The predicted octanol–water partition coefficient (Wildman–Crippen LogP) is 1.93. The zero-order valence-corrected chi connectivity index (χ0v) is 15.6. The molecule has 3 heterocycles. The largest absolute Gasteiger partial charge is 0.491 e. The smallest absolute Gasteiger partial charge is 0.260 e. The van der Waals surface area contributed by atoms with Gasteiger partial charge < -0.3 is 24.7 Å². The van der Waals surface area contributed by atoms with E-state index in [0.717, 1.165) is 5.52 Å². The van der Waals surface area contributed by atoms with E-state index in [0.29, 0.717) is 41.4 Å². The maximum absolute atomic E-state index is 9.10. The third-order valence-corrected chi connectivity index (χ3v) is 4.39. The molecule has 4 rings (SSSR count). The third kappa shape index (κ3) is 3.65. The monoisotopic (exact) mass is 395 g/mol. The molecule has 0 aromatic carbocycles. The number of fused-ring (bicyclic) bond motifs is 2. The van der Waals surface area contributed by atoms with E-state index in [-0.39, 0.29) is 31.4 Å². The van der Waals surface area contributed by atoms with Gasteiger partial charge in [-0.3, -0.25) is 5.41 Å². The van der Waals surface area contributed by atoms with Crippen molar-refractivity contribution in [2.75, 3.05) is 26.4 Å². The summed E-state index contributed by atoms with van der Waals surface area (Å²) in [7, 11) is 0. The van der Waals surface area contributed by atoms with Crippen molar-refractivity contribution >= 4 is 28.4 Å². The number of nitrogens with one attached hydrogen (secondary N) is 2. The number of aromatic amines is 1. The number of rotatable bonds is 8. The van der Waals surface area contributed by atoms with Gasteiger partial charge >= 0.3 is 0 Å². The number of nitrogens with zero attached hydrogens (tertiary/aromatic N) is 3. The molecule has 0 spiro atoms. The Bertz CT molecular complexity index is 1100. The lowest BCUT2D eigenvalue weighted by atomic mass is 9.98. The van der Waals surface area contributed by atoms with Gasteiger partial charge in [0.2, 0.25) is 0 Å². The zero-order chi connectivity index (χ0) is 20.2. The first-order valence-corrected chi connectivity index (χ1v) is 9.25. The van der Waals surface area contributed by atoms with Crippen molar-refractivity contribution in [3.8, 4) is 5.88 Å². The van der Waals surface area contributed by atoms with Crippen molar-refractivity contribution < 1.29 is 19.7 Å².